The van der Waals surface area contributed by atoms with Crippen molar-refractivity contribution in [1.82, 2.24) is 5.32 Å². The number of Topliss-reactive ketones (excluding diaryl/α,β-unsaturated/α-hetero) is 1. The number of hydrogen-bond acceptors (Lipinski definition) is 6. The molecule has 0 rings (SSSR count). The lowest BCUT2D eigenvalue weighted by atomic mass is 10.5. The molecule has 0 aromatic rings. The Morgan fingerprint density at radius 1 is 1.00 bits per heavy atom. The summed E-state index contributed by atoms with van der Waals surface area (Å²) < 4.78 is 15.0. The minimum absolute atomic E-state index is 0.0230. The fourth-order valence-electron chi connectivity index (χ4n) is 0.979. The Hall–Kier alpha value is -1.02. The van der Waals surface area contributed by atoms with E-state index in [0.717, 1.165) is 0 Å². The first kappa shape index (κ1) is 17.0. The molecule has 0 aromatic carbocycles. The summed E-state index contributed by atoms with van der Waals surface area (Å²) in [5, 5.41) is 11.0. The third-order valence-electron chi connectivity index (χ3n) is 1.71. The third kappa shape index (κ3) is 13.0. The molecule has 0 radical (unpaired) electrons. The van der Waals surface area contributed by atoms with Crippen molar-refractivity contribution in [1.29, 1.82) is 0 Å². The number of ketones is 1. The summed E-state index contributed by atoms with van der Waals surface area (Å²) in [6.45, 7) is 3.02. The maximum absolute atomic E-state index is 11.1. The normalized spacial score (nSPS) is 10.3. The number of carbonyl (C=O) groups is 2. The zero-order valence-electron chi connectivity index (χ0n) is 10.6. The first-order valence-electron chi connectivity index (χ1n) is 5.77. The van der Waals surface area contributed by atoms with Crippen LogP contribution in [0.1, 0.15) is 6.92 Å². The summed E-state index contributed by atoms with van der Waals surface area (Å²) in [4.78, 5) is 21.6. The minimum atomic E-state index is -0.250. The van der Waals surface area contributed by atoms with Gasteiger partial charge in [-0.3, -0.25) is 9.59 Å². The van der Waals surface area contributed by atoms with Crippen molar-refractivity contribution in [3.63, 3.8) is 0 Å². The van der Waals surface area contributed by atoms with Crippen molar-refractivity contribution < 1.29 is 28.9 Å². The second-order valence-corrected chi connectivity index (χ2v) is 3.49. The molecule has 0 aliphatic carbocycles. The molecule has 0 saturated heterocycles. The fourth-order valence-corrected chi connectivity index (χ4v) is 0.979. The Labute approximate surface area is 106 Å². The molecule has 7 heteroatoms. The van der Waals surface area contributed by atoms with Crippen molar-refractivity contribution in [3.05, 3.63) is 0 Å². The lowest BCUT2D eigenvalue weighted by Gasteiger charge is -2.06. The largest absolute Gasteiger partial charge is 0.394 e. The monoisotopic (exact) mass is 263 g/mol. The predicted octanol–water partition coefficient (Wildman–Crippen LogP) is -1.27. The Morgan fingerprint density at radius 3 is 2.33 bits per heavy atom. The molecule has 0 unspecified atom stereocenters. The molecular formula is C11H21NO6. The third-order valence-corrected chi connectivity index (χ3v) is 1.71. The van der Waals surface area contributed by atoms with Gasteiger partial charge in [0.1, 0.15) is 13.2 Å². The van der Waals surface area contributed by atoms with Crippen LogP contribution in [0.25, 0.3) is 0 Å². The zero-order chi connectivity index (χ0) is 13.6. The number of rotatable bonds is 12. The topological polar surface area (TPSA) is 94.1 Å². The lowest BCUT2D eigenvalue weighted by Crippen LogP contribution is -2.31. The van der Waals surface area contributed by atoms with Crippen LogP contribution in [0.2, 0.25) is 0 Å². The molecule has 1 amide bonds. The summed E-state index contributed by atoms with van der Waals surface area (Å²) >= 11 is 0. The number of aliphatic hydroxyl groups excluding tert-OH is 1. The van der Waals surface area contributed by atoms with Gasteiger partial charge in [-0.25, -0.2) is 0 Å². The average molecular weight is 263 g/mol. The molecule has 0 aliphatic rings. The van der Waals surface area contributed by atoms with Crippen LogP contribution in [0.5, 0.6) is 0 Å². The number of aliphatic hydroxyl groups is 1. The van der Waals surface area contributed by atoms with E-state index in [1.165, 1.54) is 6.92 Å². The molecule has 0 bridgehead atoms. The van der Waals surface area contributed by atoms with E-state index in [4.69, 9.17) is 19.3 Å². The Bertz CT molecular complexity index is 234. The van der Waals surface area contributed by atoms with Gasteiger partial charge in [0.25, 0.3) is 0 Å². The number of carbonyl (C=O) groups excluding carboxylic acids is 2. The minimum Gasteiger partial charge on any atom is -0.394 e. The second kappa shape index (κ2) is 12.4. The first-order chi connectivity index (χ1) is 8.66. The van der Waals surface area contributed by atoms with Crippen LogP contribution in [-0.4, -0.2) is 69.6 Å². The SMILES string of the molecule is CC(=O)COCCOCCNC(=O)COCCO. The van der Waals surface area contributed by atoms with E-state index in [1.807, 2.05) is 0 Å². The summed E-state index contributed by atoms with van der Waals surface area (Å²) in [5.41, 5.74) is 0. The van der Waals surface area contributed by atoms with Crippen LogP contribution in [0.4, 0.5) is 0 Å². The highest BCUT2D eigenvalue weighted by Gasteiger charge is 1.99. The van der Waals surface area contributed by atoms with Crippen molar-refractivity contribution in [2.75, 3.05) is 52.8 Å². The molecule has 0 spiro atoms. The van der Waals surface area contributed by atoms with E-state index in [9.17, 15) is 9.59 Å². The standard InChI is InChI=1S/C11H21NO6/c1-10(14)8-18-7-6-16-4-2-12-11(15)9-17-5-3-13/h13H,2-9H2,1H3,(H,12,15). The second-order valence-electron chi connectivity index (χ2n) is 3.49. The number of hydrogen-bond donors (Lipinski definition) is 2. The van der Waals surface area contributed by atoms with Gasteiger partial charge in [0, 0.05) is 6.54 Å². The van der Waals surface area contributed by atoms with Crippen LogP contribution >= 0.6 is 0 Å². The van der Waals surface area contributed by atoms with Crippen molar-refractivity contribution in [2.45, 2.75) is 6.92 Å². The number of ether oxygens (including phenoxy) is 3. The number of amides is 1. The molecule has 0 atom stereocenters. The van der Waals surface area contributed by atoms with Gasteiger partial charge < -0.3 is 24.6 Å². The summed E-state index contributed by atoms with van der Waals surface area (Å²) in [6.07, 6.45) is 0. The van der Waals surface area contributed by atoms with E-state index in [0.29, 0.717) is 26.4 Å². The quantitative estimate of drug-likeness (QED) is 0.427. The van der Waals surface area contributed by atoms with Gasteiger partial charge in [-0.1, -0.05) is 0 Å². The van der Waals surface area contributed by atoms with Crippen LogP contribution in [0.3, 0.4) is 0 Å². The maximum Gasteiger partial charge on any atom is 0.246 e. The molecule has 0 aromatic heterocycles. The van der Waals surface area contributed by atoms with Crippen LogP contribution in [0, 0.1) is 0 Å². The summed E-state index contributed by atoms with van der Waals surface area (Å²) in [6, 6.07) is 0. The lowest BCUT2D eigenvalue weighted by molar-refractivity contribution is -0.126. The molecule has 0 fully saturated rings. The van der Waals surface area contributed by atoms with Gasteiger partial charge in [0.15, 0.2) is 5.78 Å². The van der Waals surface area contributed by atoms with Gasteiger partial charge in [-0.15, -0.1) is 0 Å². The maximum atomic E-state index is 11.1. The van der Waals surface area contributed by atoms with E-state index in [1.54, 1.807) is 0 Å². The van der Waals surface area contributed by atoms with E-state index >= 15 is 0 Å². The molecule has 0 aliphatic heterocycles. The first-order valence-corrected chi connectivity index (χ1v) is 5.77. The Balaban J connectivity index is 3.15. The van der Waals surface area contributed by atoms with Crippen LogP contribution in [-0.2, 0) is 23.8 Å². The number of nitrogens with one attached hydrogen (secondary N) is 1. The molecule has 2 N–H and O–H groups in total. The van der Waals surface area contributed by atoms with E-state index < -0.39 is 0 Å². The fraction of sp³-hybridized carbons (Fsp3) is 0.818. The highest BCUT2D eigenvalue weighted by Crippen LogP contribution is 1.80. The van der Waals surface area contributed by atoms with E-state index in [2.05, 4.69) is 5.32 Å². The Kier molecular flexibility index (Phi) is 11.7. The smallest absolute Gasteiger partial charge is 0.246 e. The van der Waals surface area contributed by atoms with Crippen LogP contribution < -0.4 is 5.32 Å². The van der Waals surface area contributed by atoms with Gasteiger partial charge in [-0.05, 0) is 6.92 Å². The van der Waals surface area contributed by atoms with Crippen LogP contribution in [0.15, 0.2) is 0 Å². The Morgan fingerprint density at radius 2 is 1.67 bits per heavy atom. The van der Waals surface area contributed by atoms with Crippen molar-refractivity contribution in [2.24, 2.45) is 0 Å². The summed E-state index contributed by atoms with van der Waals surface area (Å²) in [7, 11) is 0. The van der Waals surface area contributed by atoms with Gasteiger partial charge in [0.2, 0.25) is 5.91 Å². The van der Waals surface area contributed by atoms with Gasteiger partial charge in [-0.2, -0.15) is 0 Å². The highest BCUT2D eigenvalue weighted by molar-refractivity contribution is 5.77. The summed E-state index contributed by atoms with van der Waals surface area (Å²) in [5.74, 6) is -0.273. The van der Waals surface area contributed by atoms with Gasteiger partial charge in [0.05, 0.1) is 33.0 Å². The molecule has 106 valence electrons. The predicted molar refractivity (Wildman–Crippen MR) is 63.2 cm³/mol. The average Bonchev–Trinajstić information content (AvgIpc) is 2.32. The van der Waals surface area contributed by atoms with Gasteiger partial charge >= 0.3 is 0 Å². The molecule has 18 heavy (non-hydrogen) atoms. The molecule has 0 heterocycles. The highest BCUT2D eigenvalue weighted by atomic mass is 16.5. The van der Waals surface area contributed by atoms with Crippen molar-refractivity contribution >= 4 is 11.7 Å². The van der Waals surface area contributed by atoms with Crippen molar-refractivity contribution in [3.8, 4) is 0 Å². The zero-order valence-corrected chi connectivity index (χ0v) is 10.6. The van der Waals surface area contributed by atoms with E-state index in [-0.39, 0.29) is 38.1 Å². The molecule has 7 nitrogen and oxygen atoms in total. The molecular weight excluding hydrogens is 242 g/mol. The molecule has 0 saturated carbocycles.